The van der Waals surface area contributed by atoms with Gasteiger partial charge in [-0.2, -0.15) is 5.26 Å². The lowest BCUT2D eigenvalue weighted by molar-refractivity contribution is -0.118. The molecule has 168 valence electrons. The maximum atomic E-state index is 13.0. The summed E-state index contributed by atoms with van der Waals surface area (Å²) in [5.74, 6) is -0.360. The first kappa shape index (κ1) is 23.6. The molecule has 0 heterocycles. The Labute approximate surface area is 194 Å². The molecule has 0 radical (unpaired) electrons. The van der Waals surface area contributed by atoms with E-state index in [4.69, 9.17) is 31.2 Å². The van der Waals surface area contributed by atoms with Crippen LogP contribution in [0.25, 0.3) is 0 Å². The second-order valence-corrected chi connectivity index (χ2v) is 7.06. The normalized spacial score (nSPS) is 10.5. The molecule has 0 spiro atoms. The molecule has 3 aromatic carbocycles. The van der Waals surface area contributed by atoms with Crippen LogP contribution in [-0.2, 0) is 16.2 Å². The molecule has 33 heavy (non-hydrogen) atoms. The topological polar surface area (TPSA) is 92.9 Å². The number of hydrogen-bond donors (Lipinski definition) is 1. The van der Waals surface area contributed by atoms with E-state index in [1.165, 1.54) is 37.6 Å². The number of carbonyl (C=O) groups excluding carboxylic acids is 1. The van der Waals surface area contributed by atoms with Crippen LogP contribution < -0.4 is 14.8 Å². The number of anilines is 1. The molecule has 3 aromatic rings. The van der Waals surface area contributed by atoms with Gasteiger partial charge in [-0.05, 0) is 42.5 Å². The van der Waals surface area contributed by atoms with E-state index < -0.39 is 11.7 Å². The number of halogens is 2. The zero-order valence-electron chi connectivity index (χ0n) is 17.5. The Morgan fingerprint density at radius 2 is 1.97 bits per heavy atom. The van der Waals surface area contributed by atoms with E-state index in [-0.39, 0.29) is 24.0 Å². The van der Waals surface area contributed by atoms with Gasteiger partial charge in [0.05, 0.1) is 30.0 Å². The van der Waals surface area contributed by atoms with Crippen LogP contribution in [0.3, 0.4) is 0 Å². The molecule has 0 saturated carbocycles. The molecular formula is C24H19ClFN3O4. The van der Waals surface area contributed by atoms with Crippen molar-refractivity contribution in [1.82, 2.24) is 0 Å². The molecular weight excluding hydrogens is 449 g/mol. The highest BCUT2D eigenvalue weighted by Gasteiger charge is 2.14. The van der Waals surface area contributed by atoms with Crippen LogP contribution in [0.15, 0.2) is 65.8 Å². The quantitative estimate of drug-likeness (QED) is 0.356. The van der Waals surface area contributed by atoms with Crippen LogP contribution in [0.5, 0.6) is 11.5 Å². The molecule has 0 aliphatic rings. The minimum atomic E-state index is -0.448. The molecule has 1 N–H and O–H groups in total. The van der Waals surface area contributed by atoms with Crippen molar-refractivity contribution in [1.29, 1.82) is 5.26 Å². The van der Waals surface area contributed by atoms with Gasteiger partial charge in [-0.15, -0.1) is 0 Å². The predicted octanol–water partition coefficient (Wildman–Crippen LogP) is 4.93. The summed E-state index contributed by atoms with van der Waals surface area (Å²) in [5.41, 5.74) is 2.25. The highest BCUT2D eigenvalue weighted by atomic mass is 35.5. The van der Waals surface area contributed by atoms with Gasteiger partial charge in [-0.3, -0.25) is 4.79 Å². The van der Waals surface area contributed by atoms with Crippen molar-refractivity contribution in [3.8, 4) is 17.6 Å². The van der Waals surface area contributed by atoms with Gasteiger partial charge in [0.15, 0.2) is 18.1 Å². The smallest absolute Gasteiger partial charge is 0.262 e. The SMILES string of the molecule is COc1cc(/C=N\OCc2ccccc2C#N)cc(Cl)c1OCC(=O)Nc1ccc(F)cc1. The third kappa shape index (κ3) is 6.69. The van der Waals surface area contributed by atoms with E-state index >= 15 is 0 Å². The Kier molecular flexibility index (Phi) is 8.22. The Morgan fingerprint density at radius 3 is 2.70 bits per heavy atom. The van der Waals surface area contributed by atoms with Gasteiger partial charge in [0, 0.05) is 16.8 Å². The lowest BCUT2D eigenvalue weighted by atomic mass is 10.1. The van der Waals surface area contributed by atoms with Gasteiger partial charge in [0.25, 0.3) is 5.91 Å². The highest BCUT2D eigenvalue weighted by Crippen LogP contribution is 2.36. The Balaban J connectivity index is 1.60. The molecule has 3 rings (SSSR count). The van der Waals surface area contributed by atoms with Crippen molar-refractivity contribution in [2.45, 2.75) is 6.61 Å². The summed E-state index contributed by atoms with van der Waals surface area (Å²) in [6, 6.07) is 17.7. The summed E-state index contributed by atoms with van der Waals surface area (Å²) in [6.07, 6.45) is 1.44. The number of benzene rings is 3. The second-order valence-electron chi connectivity index (χ2n) is 6.65. The van der Waals surface area contributed by atoms with Crippen molar-refractivity contribution >= 4 is 29.4 Å². The number of carbonyl (C=O) groups is 1. The van der Waals surface area contributed by atoms with E-state index in [1.54, 1.807) is 30.3 Å². The lowest BCUT2D eigenvalue weighted by Crippen LogP contribution is -2.20. The maximum Gasteiger partial charge on any atom is 0.262 e. The molecule has 1 amide bonds. The van der Waals surface area contributed by atoms with Gasteiger partial charge in [0.1, 0.15) is 12.4 Å². The van der Waals surface area contributed by atoms with Crippen molar-refractivity contribution in [2.75, 3.05) is 19.0 Å². The van der Waals surface area contributed by atoms with Gasteiger partial charge in [-0.1, -0.05) is 35.0 Å². The van der Waals surface area contributed by atoms with E-state index in [0.29, 0.717) is 22.6 Å². The van der Waals surface area contributed by atoms with E-state index in [1.807, 2.05) is 6.07 Å². The van der Waals surface area contributed by atoms with Crippen molar-refractivity contribution in [2.24, 2.45) is 5.16 Å². The van der Waals surface area contributed by atoms with Crippen LogP contribution in [0, 0.1) is 17.1 Å². The maximum absolute atomic E-state index is 13.0. The number of oxime groups is 1. The fourth-order valence-corrected chi connectivity index (χ4v) is 3.06. The number of hydrogen-bond acceptors (Lipinski definition) is 6. The zero-order chi connectivity index (χ0) is 23.6. The summed E-state index contributed by atoms with van der Waals surface area (Å²) >= 11 is 6.31. The third-order valence-electron chi connectivity index (χ3n) is 4.36. The molecule has 0 aliphatic carbocycles. The highest BCUT2D eigenvalue weighted by molar-refractivity contribution is 6.32. The van der Waals surface area contributed by atoms with E-state index in [9.17, 15) is 9.18 Å². The Hall–Kier alpha value is -4.09. The van der Waals surface area contributed by atoms with Crippen molar-refractivity contribution in [3.05, 3.63) is 88.2 Å². The summed E-state index contributed by atoms with van der Waals surface area (Å²) in [6.45, 7) is -0.197. The Bertz CT molecular complexity index is 1190. The number of methoxy groups -OCH3 is 1. The molecule has 0 saturated heterocycles. The van der Waals surface area contributed by atoms with Gasteiger partial charge in [0.2, 0.25) is 0 Å². The summed E-state index contributed by atoms with van der Waals surface area (Å²) in [7, 11) is 1.44. The molecule has 0 aromatic heterocycles. The number of rotatable bonds is 9. The molecule has 0 unspecified atom stereocenters. The molecule has 0 aliphatic heterocycles. The number of amides is 1. The molecule has 0 atom stereocenters. The number of nitriles is 1. The third-order valence-corrected chi connectivity index (χ3v) is 4.64. The number of ether oxygens (including phenoxy) is 2. The molecule has 9 heteroatoms. The first-order valence-corrected chi connectivity index (χ1v) is 10.1. The molecule has 7 nitrogen and oxygen atoms in total. The fraction of sp³-hybridized carbons (Fsp3) is 0.125. The summed E-state index contributed by atoms with van der Waals surface area (Å²) < 4.78 is 23.8. The zero-order valence-corrected chi connectivity index (χ0v) is 18.3. The lowest BCUT2D eigenvalue weighted by Gasteiger charge is -2.13. The molecule has 0 fully saturated rings. The monoisotopic (exact) mass is 467 g/mol. The number of nitrogens with one attached hydrogen (secondary N) is 1. The van der Waals surface area contributed by atoms with Gasteiger partial charge >= 0.3 is 0 Å². The standard InChI is InChI=1S/C24H19ClFN3O4/c1-31-22-11-16(13-28-33-14-18-5-3-2-4-17(18)12-27)10-21(25)24(22)32-15-23(30)29-20-8-6-19(26)7-9-20/h2-11,13H,14-15H2,1H3,(H,29,30)/b28-13-. The average molecular weight is 468 g/mol. The molecule has 0 bridgehead atoms. The minimum absolute atomic E-state index is 0.134. The first-order valence-electron chi connectivity index (χ1n) is 9.69. The fourth-order valence-electron chi connectivity index (χ4n) is 2.78. The largest absolute Gasteiger partial charge is 0.493 e. The average Bonchev–Trinajstić information content (AvgIpc) is 2.82. The van der Waals surface area contributed by atoms with Gasteiger partial charge < -0.3 is 19.6 Å². The first-order chi connectivity index (χ1) is 16.0. The van der Waals surface area contributed by atoms with Crippen LogP contribution >= 0.6 is 11.6 Å². The van der Waals surface area contributed by atoms with Crippen LogP contribution in [-0.4, -0.2) is 25.8 Å². The van der Waals surface area contributed by atoms with Crippen molar-refractivity contribution < 1.29 is 23.5 Å². The van der Waals surface area contributed by atoms with Crippen molar-refractivity contribution in [3.63, 3.8) is 0 Å². The second kappa shape index (κ2) is 11.5. The van der Waals surface area contributed by atoms with Gasteiger partial charge in [-0.25, -0.2) is 4.39 Å². The van der Waals surface area contributed by atoms with Crippen LogP contribution in [0.4, 0.5) is 10.1 Å². The van der Waals surface area contributed by atoms with Crippen LogP contribution in [0.2, 0.25) is 5.02 Å². The minimum Gasteiger partial charge on any atom is -0.493 e. The van der Waals surface area contributed by atoms with E-state index in [0.717, 1.165) is 5.56 Å². The van der Waals surface area contributed by atoms with E-state index in [2.05, 4.69) is 16.5 Å². The number of nitrogens with zero attached hydrogens (tertiary/aromatic N) is 2. The predicted molar refractivity (Wildman–Crippen MR) is 122 cm³/mol. The Morgan fingerprint density at radius 1 is 1.21 bits per heavy atom. The van der Waals surface area contributed by atoms with Crippen LogP contribution in [0.1, 0.15) is 16.7 Å². The summed E-state index contributed by atoms with van der Waals surface area (Å²) in [5, 5.41) is 15.8. The summed E-state index contributed by atoms with van der Waals surface area (Å²) in [4.78, 5) is 17.4.